The number of oxime groups is 1. The molecule has 0 aromatic rings. The summed E-state index contributed by atoms with van der Waals surface area (Å²) in [5.74, 6) is 0. The summed E-state index contributed by atoms with van der Waals surface area (Å²) in [5.41, 5.74) is 2.45. The van der Waals surface area contributed by atoms with Crippen LogP contribution in [0, 0.1) is 11.3 Å². The minimum atomic E-state index is 0.679. The fourth-order valence-electron chi connectivity index (χ4n) is 1.82. The Morgan fingerprint density at radius 2 is 2.33 bits per heavy atom. The molecule has 0 aromatic heterocycles. The van der Waals surface area contributed by atoms with E-state index in [1.165, 1.54) is 5.57 Å². The molecule has 3 heteroatoms. The van der Waals surface area contributed by atoms with Crippen LogP contribution in [-0.2, 0) is 4.84 Å². The Labute approximate surface area is 91.4 Å². The number of unbranched alkanes of at least 4 members (excludes halogenated alkanes) is 3. The van der Waals surface area contributed by atoms with Crippen molar-refractivity contribution in [3.05, 3.63) is 11.6 Å². The Morgan fingerprint density at radius 1 is 1.47 bits per heavy atom. The highest BCUT2D eigenvalue weighted by Crippen LogP contribution is 2.21. The molecule has 0 unspecified atom stereocenters. The van der Waals surface area contributed by atoms with Crippen molar-refractivity contribution in [3.8, 4) is 6.07 Å². The quantitative estimate of drug-likeness (QED) is 0.495. The summed E-state index contributed by atoms with van der Waals surface area (Å²) in [7, 11) is 1.59. The SMILES string of the molecule is CO/N=C1\CCC=C1CCCCCC#N. The highest BCUT2D eigenvalue weighted by atomic mass is 16.6. The molecule has 0 saturated carbocycles. The van der Waals surface area contributed by atoms with Crippen molar-refractivity contribution in [1.82, 2.24) is 0 Å². The van der Waals surface area contributed by atoms with Crippen LogP contribution in [0.3, 0.4) is 0 Å². The van der Waals surface area contributed by atoms with Gasteiger partial charge in [-0.2, -0.15) is 5.26 Å². The second kappa shape index (κ2) is 7.05. The van der Waals surface area contributed by atoms with Crippen LogP contribution in [0.15, 0.2) is 16.8 Å². The summed E-state index contributed by atoms with van der Waals surface area (Å²) in [6, 6.07) is 2.17. The third-order valence-corrected chi connectivity index (χ3v) is 2.58. The minimum Gasteiger partial charge on any atom is -0.399 e. The van der Waals surface area contributed by atoms with E-state index >= 15 is 0 Å². The van der Waals surface area contributed by atoms with Crippen LogP contribution < -0.4 is 0 Å². The maximum atomic E-state index is 8.39. The van der Waals surface area contributed by atoms with E-state index < -0.39 is 0 Å². The standard InChI is InChI=1S/C12H18N2O/c1-15-14-12-9-6-8-11(12)7-4-2-3-5-10-13/h8H,2-7,9H2,1H3/b14-12+. The topological polar surface area (TPSA) is 45.4 Å². The molecule has 0 bridgehead atoms. The minimum absolute atomic E-state index is 0.679. The van der Waals surface area contributed by atoms with Gasteiger partial charge in [0.15, 0.2) is 0 Å². The lowest BCUT2D eigenvalue weighted by atomic mass is 10.1. The van der Waals surface area contributed by atoms with Crippen LogP contribution >= 0.6 is 0 Å². The van der Waals surface area contributed by atoms with Crippen molar-refractivity contribution in [2.45, 2.75) is 44.9 Å². The van der Waals surface area contributed by atoms with Crippen molar-refractivity contribution in [2.75, 3.05) is 7.11 Å². The van der Waals surface area contributed by atoms with Crippen LogP contribution in [0.4, 0.5) is 0 Å². The van der Waals surface area contributed by atoms with Gasteiger partial charge in [-0.1, -0.05) is 17.7 Å². The molecule has 0 saturated heterocycles. The predicted octanol–water partition coefficient (Wildman–Crippen LogP) is 3.18. The van der Waals surface area contributed by atoms with E-state index in [1.54, 1.807) is 7.11 Å². The zero-order valence-electron chi connectivity index (χ0n) is 9.33. The van der Waals surface area contributed by atoms with Crippen molar-refractivity contribution in [3.63, 3.8) is 0 Å². The van der Waals surface area contributed by atoms with Gasteiger partial charge in [-0.25, -0.2) is 0 Å². The number of allylic oxidation sites excluding steroid dienone is 2. The Balaban J connectivity index is 2.21. The number of rotatable bonds is 6. The molecular formula is C12H18N2O. The van der Waals surface area contributed by atoms with Crippen molar-refractivity contribution >= 4 is 5.71 Å². The van der Waals surface area contributed by atoms with Gasteiger partial charge in [-0.3, -0.25) is 0 Å². The third-order valence-electron chi connectivity index (χ3n) is 2.58. The van der Waals surface area contributed by atoms with Gasteiger partial charge in [0.2, 0.25) is 0 Å². The van der Waals surface area contributed by atoms with Crippen LogP contribution in [0.1, 0.15) is 44.9 Å². The van der Waals surface area contributed by atoms with Gasteiger partial charge in [-0.05, 0) is 37.7 Å². The summed E-state index contributed by atoms with van der Waals surface area (Å²) in [6.07, 6.45) is 9.41. The molecule has 0 amide bonds. The summed E-state index contributed by atoms with van der Waals surface area (Å²) < 4.78 is 0. The van der Waals surface area contributed by atoms with Gasteiger partial charge in [-0.15, -0.1) is 0 Å². The summed E-state index contributed by atoms with van der Waals surface area (Å²) in [5, 5.41) is 12.4. The van der Waals surface area contributed by atoms with Crippen molar-refractivity contribution in [2.24, 2.45) is 5.16 Å². The molecule has 3 nitrogen and oxygen atoms in total. The molecular weight excluding hydrogens is 188 g/mol. The average molecular weight is 206 g/mol. The summed E-state index contributed by atoms with van der Waals surface area (Å²) in [4.78, 5) is 4.80. The van der Waals surface area contributed by atoms with Crippen LogP contribution in [0.2, 0.25) is 0 Å². The molecule has 0 N–H and O–H groups in total. The molecule has 0 atom stereocenters. The lowest BCUT2D eigenvalue weighted by Crippen LogP contribution is -1.98. The van der Waals surface area contributed by atoms with E-state index in [9.17, 15) is 0 Å². The molecule has 0 radical (unpaired) electrons. The molecule has 1 aliphatic carbocycles. The Bertz CT molecular complexity index is 286. The zero-order valence-corrected chi connectivity index (χ0v) is 9.33. The first-order chi connectivity index (χ1) is 7.38. The first-order valence-corrected chi connectivity index (χ1v) is 5.55. The molecule has 0 heterocycles. The average Bonchev–Trinajstić information content (AvgIpc) is 2.66. The van der Waals surface area contributed by atoms with Crippen LogP contribution in [0.5, 0.6) is 0 Å². The van der Waals surface area contributed by atoms with Crippen molar-refractivity contribution in [1.29, 1.82) is 5.26 Å². The van der Waals surface area contributed by atoms with Gasteiger partial charge in [0.05, 0.1) is 11.8 Å². The number of nitriles is 1. The van der Waals surface area contributed by atoms with Gasteiger partial charge in [0.1, 0.15) is 7.11 Å². The first kappa shape index (κ1) is 11.8. The molecule has 0 fully saturated rings. The molecule has 0 aliphatic heterocycles. The Kier molecular flexibility index (Phi) is 5.54. The van der Waals surface area contributed by atoms with Crippen LogP contribution in [0.25, 0.3) is 0 Å². The largest absolute Gasteiger partial charge is 0.399 e. The molecule has 1 aliphatic rings. The lowest BCUT2D eigenvalue weighted by Gasteiger charge is -2.03. The third kappa shape index (κ3) is 4.16. The van der Waals surface area contributed by atoms with Gasteiger partial charge in [0, 0.05) is 6.42 Å². The van der Waals surface area contributed by atoms with E-state index in [2.05, 4.69) is 17.3 Å². The zero-order chi connectivity index (χ0) is 10.9. The second-order valence-electron chi connectivity index (χ2n) is 3.71. The number of hydrogen-bond acceptors (Lipinski definition) is 3. The smallest absolute Gasteiger partial charge is 0.106 e. The molecule has 15 heavy (non-hydrogen) atoms. The molecule has 82 valence electrons. The second-order valence-corrected chi connectivity index (χ2v) is 3.71. The Morgan fingerprint density at radius 3 is 3.07 bits per heavy atom. The van der Waals surface area contributed by atoms with E-state index in [-0.39, 0.29) is 0 Å². The lowest BCUT2D eigenvalue weighted by molar-refractivity contribution is 0.213. The predicted molar refractivity (Wildman–Crippen MR) is 60.5 cm³/mol. The normalized spacial score (nSPS) is 17.6. The monoisotopic (exact) mass is 206 g/mol. The molecule has 0 spiro atoms. The highest BCUT2D eigenvalue weighted by Gasteiger charge is 2.13. The number of hydrogen-bond donors (Lipinski definition) is 0. The summed E-state index contributed by atoms with van der Waals surface area (Å²) >= 11 is 0. The number of nitrogens with zero attached hydrogens (tertiary/aromatic N) is 2. The summed E-state index contributed by atoms with van der Waals surface area (Å²) in [6.45, 7) is 0. The van der Waals surface area contributed by atoms with Gasteiger partial charge in [0.25, 0.3) is 0 Å². The van der Waals surface area contributed by atoms with E-state index in [1.807, 2.05) is 0 Å². The van der Waals surface area contributed by atoms with Crippen molar-refractivity contribution < 1.29 is 4.84 Å². The Hall–Kier alpha value is -1.30. The van der Waals surface area contributed by atoms with Gasteiger partial charge >= 0.3 is 0 Å². The first-order valence-electron chi connectivity index (χ1n) is 5.55. The van der Waals surface area contributed by atoms with E-state index in [4.69, 9.17) is 10.1 Å². The van der Waals surface area contributed by atoms with Crippen LogP contribution in [-0.4, -0.2) is 12.8 Å². The maximum Gasteiger partial charge on any atom is 0.106 e. The maximum absolute atomic E-state index is 8.39. The fourth-order valence-corrected chi connectivity index (χ4v) is 1.82. The highest BCUT2D eigenvalue weighted by molar-refractivity contribution is 6.01. The van der Waals surface area contributed by atoms with E-state index in [0.29, 0.717) is 6.42 Å². The molecule has 0 aromatic carbocycles. The van der Waals surface area contributed by atoms with E-state index in [0.717, 1.165) is 44.2 Å². The fraction of sp³-hybridized carbons (Fsp3) is 0.667. The molecule has 1 rings (SSSR count). The van der Waals surface area contributed by atoms with Gasteiger partial charge < -0.3 is 4.84 Å².